The summed E-state index contributed by atoms with van der Waals surface area (Å²) in [6.45, 7) is 12.5. The van der Waals surface area contributed by atoms with E-state index in [2.05, 4.69) is 39.9 Å². The fourth-order valence-corrected chi connectivity index (χ4v) is 1.46. The minimum Gasteiger partial charge on any atom is -0.314 e. The molecule has 0 radical (unpaired) electrons. The molecule has 0 aliphatic heterocycles. The normalized spacial score (nSPS) is 14.4. The van der Waals surface area contributed by atoms with E-state index in [-0.39, 0.29) is 0 Å². The summed E-state index contributed by atoms with van der Waals surface area (Å²) in [7, 11) is 0. The minimum atomic E-state index is 0.414. The van der Waals surface area contributed by atoms with Gasteiger partial charge in [-0.05, 0) is 18.8 Å². The summed E-state index contributed by atoms with van der Waals surface area (Å²) >= 11 is 0. The molecule has 0 saturated carbocycles. The number of nitrogens with one attached hydrogen (secondary N) is 1. The Hall–Kier alpha value is -0.0400. The zero-order chi connectivity index (χ0) is 11.0. The molecule has 1 unspecified atom stereocenters. The Balaban J connectivity index is 3.32. The van der Waals surface area contributed by atoms with Crippen molar-refractivity contribution in [3.63, 3.8) is 0 Å². The Morgan fingerprint density at radius 1 is 1.07 bits per heavy atom. The average molecular weight is 199 g/mol. The molecular weight excluding hydrogens is 170 g/mol. The summed E-state index contributed by atoms with van der Waals surface area (Å²) in [5.41, 5.74) is 0.414. The van der Waals surface area contributed by atoms with Gasteiger partial charge in [0.25, 0.3) is 0 Å². The van der Waals surface area contributed by atoms with Crippen molar-refractivity contribution >= 4 is 0 Å². The third-order valence-electron chi connectivity index (χ3n) is 2.47. The first-order valence-corrected chi connectivity index (χ1v) is 6.19. The summed E-state index contributed by atoms with van der Waals surface area (Å²) in [6, 6.07) is 0.686. The zero-order valence-electron chi connectivity index (χ0n) is 10.8. The summed E-state index contributed by atoms with van der Waals surface area (Å²) in [4.78, 5) is 0. The van der Waals surface area contributed by atoms with Crippen molar-refractivity contribution in [2.75, 3.05) is 6.54 Å². The third-order valence-corrected chi connectivity index (χ3v) is 2.47. The molecule has 0 fully saturated rings. The highest BCUT2D eigenvalue weighted by Gasteiger charge is 2.11. The first-order valence-electron chi connectivity index (χ1n) is 6.19. The van der Waals surface area contributed by atoms with Gasteiger partial charge in [0.2, 0.25) is 0 Å². The van der Waals surface area contributed by atoms with E-state index in [0.29, 0.717) is 11.5 Å². The molecular formula is C13H29N. The first kappa shape index (κ1) is 14.0. The Bertz CT molecular complexity index is 124. The lowest BCUT2D eigenvalue weighted by molar-refractivity contribution is 0.347. The Labute approximate surface area is 90.7 Å². The van der Waals surface area contributed by atoms with Crippen LogP contribution in [0.2, 0.25) is 0 Å². The van der Waals surface area contributed by atoms with Crippen LogP contribution < -0.4 is 5.32 Å². The summed E-state index contributed by atoms with van der Waals surface area (Å²) in [5, 5.41) is 3.60. The van der Waals surface area contributed by atoms with Gasteiger partial charge in [-0.15, -0.1) is 0 Å². The van der Waals surface area contributed by atoms with Crippen LogP contribution in [0.1, 0.15) is 66.7 Å². The average Bonchev–Trinajstić information content (AvgIpc) is 2.08. The topological polar surface area (TPSA) is 12.0 Å². The van der Waals surface area contributed by atoms with Crippen molar-refractivity contribution < 1.29 is 0 Å². The summed E-state index contributed by atoms with van der Waals surface area (Å²) < 4.78 is 0. The molecule has 0 aromatic heterocycles. The lowest BCUT2D eigenvalue weighted by atomic mass is 9.96. The Morgan fingerprint density at radius 3 is 2.21 bits per heavy atom. The van der Waals surface area contributed by atoms with Gasteiger partial charge < -0.3 is 5.32 Å². The van der Waals surface area contributed by atoms with E-state index in [0.717, 1.165) is 6.54 Å². The van der Waals surface area contributed by atoms with Crippen LogP contribution in [-0.2, 0) is 0 Å². The van der Waals surface area contributed by atoms with Crippen molar-refractivity contribution in [1.82, 2.24) is 5.32 Å². The summed E-state index contributed by atoms with van der Waals surface area (Å²) in [6.07, 6.45) is 6.84. The van der Waals surface area contributed by atoms with Crippen LogP contribution in [-0.4, -0.2) is 12.6 Å². The van der Waals surface area contributed by atoms with Crippen molar-refractivity contribution in [3.05, 3.63) is 0 Å². The fraction of sp³-hybridized carbons (Fsp3) is 1.00. The first-order chi connectivity index (χ1) is 6.45. The third kappa shape index (κ3) is 10.0. The predicted molar refractivity (Wildman–Crippen MR) is 65.7 cm³/mol. The molecule has 1 heteroatoms. The lowest BCUT2D eigenvalue weighted by Gasteiger charge is -2.22. The molecule has 0 saturated heterocycles. The van der Waals surface area contributed by atoms with Crippen LogP contribution >= 0.6 is 0 Å². The van der Waals surface area contributed by atoms with Crippen LogP contribution in [0.4, 0.5) is 0 Å². The second-order valence-corrected chi connectivity index (χ2v) is 5.69. The van der Waals surface area contributed by atoms with E-state index >= 15 is 0 Å². The number of hydrogen-bond donors (Lipinski definition) is 1. The second-order valence-electron chi connectivity index (χ2n) is 5.69. The van der Waals surface area contributed by atoms with Gasteiger partial charge in [-0.2, -0.15) is 0 Å². The van der Waals surface area contributed by atoms with E-state index in [1.807, 2.05) is 0 Å². The molecule has 0 heterocycles. The molecule has 1 atom stereocenters. The van der Waals surface area contributed by atoms with E-state index in [9.17, 15) is 0 Å². The molecule has 0 aromatic rings. The molecule has 0 aliphatic rings. The predicted octanol–water partition coefficient (Wildman–Crippen LogP) is 3.98. The van der Waals surface area contributed by atoms with Gasteiger partial charge in [0.1, 0.15) is 0 Å². The monoisotopic (exact) mass is 199 g/mol. The maximum absolute atomic E-state index is 3.60. The van der Waals surface area contributed by atoms with Crippen molar-refractivity contribution in [2.24, 2.45) is 5.41 Å². The maximum Gasteiger partial charge on any atom is 0.00389 e. The van der Waals surface area contributed by atoms with E-state index in [1.165, 1.54) is 32.1 Å². The van der Waals surface area contributed by atoms with E-state index in [4.69, 9.17) is 0 Å². The van der Waals surface area contributed by atoms with Crippen LogP contribution in [0.25, 0.3) is 0 Å². The highest BCUT2D eigenvalue weighted by Crippen LogP contribution is 2.12. The van der Waals surface area contributed by atoms with E-state index in [1.54, 1.807) is 0 Å². The molecule has 86 valence electrons. The quantitative estimate of drug-likeness (QED) is 0.612. The highest BCUT2D eigenvalue weighted by atomic mass is 14.9. The molecule has 0 aliphatic carbocycles. The molecule has 0 spiro atoms. The molecule has 0 bridgehead atoms. The van der Waals surface area contributed by atoms with Crippen LogP contribution in [0.3, 0.4) is 0 Å². The van der Waals surface area contributed by atoms with Crippen LogP contribution in [0, 0.1) is 5.41 Å². The van der Waals surface area contributed by atoms with Gasteiger partial charge in [0, 0.05) is 12.6 Å². The summed E-state index contributed by atoms with van der Waals surface area (Å²) in [5.74, 6) is 0. The van der Waals surface area contributed by atoms with Crippen molar-refractivity contribution in [3.8, 4) is 0 Å². The van der Waals surface area contributed by atoms with Gasteiger partial charge in [0.05, 0.1) is 0 Å². The maximum atomic E-state index is 3.60. The smallest absolute Gasteiger partial charge is 0.00389 e. The van der Waals surface area contributed by atoms with Gasteiger partial charge in [-0.25, -0.2) is 0 Å². The molecule has 14 heavy (non-hydrogen) atoms. The standard InChI is InChI=1S/C13H29N/c1-6-7-8-9-10-12(2)14-11-13(3,4)5/h12,14H,6-11H2,1-5H3. The van der Waals surface area contributed by atoms with Gasteiger partial charge in [0.15, 0.2) is 0 Å². The largest absolute Gasteiger partial charge is 0.314 e. The number of hydrogen-bond acceptors (Lipinski definition) is 1. The molecule has 0 amide bonds. The van der Waals surface area contributed by atoms with Crippen LogP contribution in [0.15, 0.2) is 0 Å². The molecule has 1 N–H and O–H groups in total. The highest BCUT2D eigenvalue weighted by molar-refractivity contribution is 4.69. The van der Waals surface area contributed by atoms with Crippen molar-refractivity contribution in [2.45, 2.75) is 72.8 Å². The lowest BCUT2D eigenvalue weighted by Crippen LogP contribution is -2.33. The SMILES string of the molecule is CCCCCCC(C)NCC(C)(C)C. The van der Waals surface area contributed by atoms with E-state index < -0.39 is 0 Å². The number of rotatable bonds is 7. The Morgan fingerprint density at radius 2 is 1.71 bits per heavy atom. The fourth-order valence-electron chi connectivity index (χ4n) is 1.46. The van der Waals surface area contributed by atoms with Crippen LogP contribution in [0.5, 0.6) is 0 Å². The molecule has 0 aromatic carbocycles. The molecule has 0 rings (SSSR count). The Kier molecular flexibility index (Phi) is 7.26. The van der Waals surface area contributed by atoms with Gasteiger partial charge in [-0.1, -0.05) is 53.4 Å². The number of unbranched alkanes of at least 4 members (excludes halogenated alkanes) is 3. The second kappa shape index (κ2) is 7.28. The zero-order valence-corrected chi connectivity index (χ0v) is 10.8. The van der Waals surface area contributed by atoms with Crippen molar-refractivity contribution in [1.29, 1.82) is 0 Å². The van der Waals surface area contributed by atoms with Gasteiger partial charge >= 0.3 is 0 Å². The van der Waals surface area contributed by atoms with Gasteiger partial charge in [-0.3, -0.25) is 0 Å². The molecule has 1 nitrogen and oxygen atoms in total. The minimum absolute atomic E-state index is 0.414.